The van der Waals surface area contributed by atoms with Crippen LogP contribution < -0.4 is 11.1 Å². The third-order valence-corrected chi connectivity index (χ3v) is 6.34. The van der Waals surface area contributed by atoms with Gasteiger partial charge in [0.15, 0.2) is 0 Å². The van der Waals surface area contributed by atoms with Gasteiger partial charge in [-0.1, -0.05) is 25.7 Å². The summed E-state index contributed by atoms with van der Waals surface area (Å²) >= 11 is 0. The summed E-state index contributed by atoms with van der Waals surface area (Å²) in [6.07, 6.45) is 11.7. The lowest BCUT2D eigenvalue weighted by Gasteiger charge is -2.57. The highest BCUT2D eigenvalue weighted by atomic mass is 16.5. The molecule has 0 bridgehead atoms. The van der Waals surface area contributed by atoms with Gasteiger partial charge in [-0.15, -0.1) is 0 Å². The van der Waals surface area contributed by atoms with Crippen molar-refractivity contribution in [3.05, 3.63) is 0 Å². The van der Waals surface area contributed by atoms with Gasteiger partial charge < -0.3 is 15.8 Å². The lowest BCUT2D eigenvalue weighted by Crippen LogP contribution is -2.66. The van der Waals surface area contributed by atoms with E-state index < -0.39 is 0 Å². The summed E-state index contributed by atoms with van der Waals surface area (Å²) in [6, 6.07) is 0.542. The fourth-order valence-electron chi connectivity index (χ4n) is 5.02. The van der Waals surface area contributed by atoms with Crippen molar-refractivity contribution in [2.24, 2.45) is 17.1 Å². The van der Waals surface area contributed by atoms with Gasteiger partial charge >= 0.3 is 0 Å². The van der Waals surface area contributed by atoms with Crippen LogP contribution in [0.25, 0.3) is 0 Å². The van der Waals surface area contributed by atoms with E-state index in [0.717, 1.165) is 38.7 Å². The van der Waals surface area contributed by atoms with Crippen molar-refractivity contribution in [3.63, 3.8) is 0 Å². The Balaban J connectivity index is 1.60. The van der Waals surface area contributed by atoms with Gasteiger partial charge in [-0.2, -0.15) is 0 Å². The van der Waals surface area contributed by atoms with Gasteiger partial charge in [-0.05, 0) is 45.4 Å². The number of rotatable bonds is 4. The average Bonchev–Trinajstić information content (AvgIpc) is 2.54. The lowest BCUT2D eigenvalue weighted by atomic mass is 9.55. The fourth-order valence-corrected chi connectivity index (χ4v) is 5.02. The van der Waals surface area contributed by atoms with Gasteiger partial charge in [0.2, 0.25) is 5.91 Å². The Morgan fingerprint density at radius 2 is 1.95 bits per heavy atom. The zero-order valence-corrected chi connectivity index (χ0v) is 14.0. The Morgan fingerprint density at radius 1 is 1.18 bits per heavy atom. The van der Waals surface area contributed by atoms with E-state index in [1.807, 2.05) is 0 Å². The monoisotopic (exact) mass is 308 g/mol. The van der Waals surface area contributed by atoms with E-state index in [9.17, 15) is 4.79 Å². The van der Waals surface area contributed by atoms with Crippen molar-refractivity contribution in [3.8, 4) is 0 Å². The van der Waals surface area contributed by atoms with Crippen molar-refractivity contribution in [2.75, 3.05) is 6.61 Å². The average molecular weight is 308 g/mol. The SMILES string of the molecule is CCOC1CC(NC(=O)C2CCCC(N)C2)C12CCCCC2. The predicted octanol–water partition coefficient (Wildman–Crippen LogP) is 2.75. The molecule has 0 aromatic heterocycles. The second-order valence-corrected chi connectivity index (χ2v) is 7.66. The Morgan fingerprint density at radius 3 is 2.64 bits per heavy atom. The van der Waals surface area contributed by atoms with Crippen molar-refractivity contribution in [1.29, 1.82) is 0 Å². The van der Waals surface area contributed by atoms with Crippen molar-refractivity contribution in [1.82, 2.24) is 5.32 Å². The number of ether oxygens (including phenoxy) is 1. The number of amides is 1. The molecule has 22 heavy (non-hydrogen) atoms. The zero-order chi connectivity index (χ0) is 15.6. The molecule has 4 atom stereocenters. The highest BCUT2D eigenvalue weighted by Gasteiger charge is 2.56. The third kappa shape index (κ3) is 3.05. The fraction of sp³-hybridized carbons (Fsp3) is 0.944. The minimum Gasteiger partial charge on any atom is -0.378 e. The zero-order valence-electron chi connectivity index (χ0n) is 14.0. The van der Waals surface area contributed by atoms with E-state index in [2.05, 4.69) is 12.2 Å². The molecule has 0 aromatic rings. The van der Waals surface area contributed by atoms with Crippen LogP contribution in [-0.2, 0) is 9.53 Å². The van der Waals surface area contributed by atoms with Crippen LogP contribution in [0.1, 0.15) is 71.1 Å². The summed E-state index contributed by atoms with van der Waals surface area (Å²) in [7, 11) is 0. The van der Waals surface area contributed by atoms with Gasteiger partial charge in [0, 0.05) is 30.0 Å². The van der Waals surface area contributed by atoms with Gasteiger partial charge in [0.05, 0.1) is 6.10 Å². The molecule has 4 unspecified atom stereocenters. The molecule has 3 saturated carbocycles. The molecule has 3 fully saturated rings. The molecule has 3 rings (SSSR count). The summed E-state index contributed by atoms with van der Waals surface area (Å²) in [5, 5.41) is 3.38. The van der Waals surface area contributed by atoms with E-state index in [4.69, 9.17) is 10.5 Å². The first-order chi connectivity index (χ1) is 10.7. The molecule has 126 valence electrons. The van der Waals surface area contributed by atoms with Crippen molar-refractivity contribution >= 4 is 5.91 Å². The number of nitrogens with two attached hydrogens (primary N) is 1. The number of nitrogens with one attached hydrogen (secondary N) is 1. The summed E-state index contributed by atoms with van der Waals surface area (Å²) in [5.41, 5.74) is 6.26. The van der Waals surface area contributed by atoms with E-state index in [0.29, 0.717) is 12.1 Å². The number of carbonyl (C=O) groups excluding carboxylic acids is 1. The quantitative estimate of drug-likeness (QED) is 0.839. The summed E-state index contributed by atoms with van der Waals surface area (Å²) < 4.78 is 5.97. The van der Waals surface area contributed by atoms with E-state index in [1.54, 1.807) is 0 Å². The smallest absolute Gasteiger partial charge is 0.223 e. The minimum absolute atomic E-state index is 0.135. The molecule has 4 nitrogen and oxygen atoms in total. The molecule has 1 spiro atoms. The highest BCUT2D eigenvalue weighted by molar-refractivity contribution is 5.79. The van der Waals surface area contributed by atoms with Crippen LogP contribution in [0.4, 0.5) is 0 Å². The van der Waals surface area contributed by atoms with Gasteiger partial charge in [0.25, 0.3) is 0 Å². The van der Waals surface area contributed by atoms with Crippen LogP contribution in [-0.4, -0.2) is 30.7 Å². The Kier molecular flexibility index (Phi) is 5.08. The lowest BCUT2D eigenvalue weighted by molar-refractivity contribution is -0.159. The van der Waals surface area contributed by atoms with Crippen molar-refractivity contribution in [2.45, 2.75) is 89.3 Å². The first-order valence-corrected chi connectivity index (χ1v) is 9.33. The van der Waals surface area contributed by atoms with Crippen molar-refractivity contribution < 1.29 is 9.53 Å². The molecule has 4 heteroatoms. The summed E-state index contributed by atoms with van der Waals surface area (Å²) in [5.74, 6) is 0.385. The molecule has 0 heterocycles. The number of hydrogen-bond donors (Lipinski definition) is 2. The number of hydrogen-bond acceptors (Lipinski definition) is 3. The third-order valence-electron chi connectivity index (χ3n) is 6.34. The van der Waals surface area contributed by atoms with Gasteiger partial charge in [-0.25, -0.2) is 0 Å². The Hall–Kier alpha value is -0.610. The molecule has 0 saturated heterocycles. The first kappa shape index (κ1) is 16.3. The minimum atomic E-state index is 0.135. The topological polar surface area (TPSA) is 64.3 Å². The maximum Gasteiger partial charge on any atom is 0.223 e. The molecule has 0 aliphatic heterocycles. The van der Waals surface area contributed by atoms with Crippen LogP contribution in [0.3, 0.4) is 0 Å². The molecular weight excluding hydrogens is 276 g/mol. The standard InChI is InChI=1S/C18H32N2O2/c1-2-22-16-12-15(18(16)9-4-3-5-10-18)20-17(21)13-7-6-8-14(19)11-13/h13-16H,2-12,19H2,1H3,(H,20,21). The summed E-state index contributed by atoms with van der Waals surface area (Å²) in [6.45, 7) is 2.86. The van der Waals surface area contributed by atoms with E-state index in [-0.39, 0.29) is 23.3 Å². The van der Waals surface area contributed by atoms with E-state index in [1.165, 1.54) is 32.1 Å². The van der Waals surface area contributed by atoms with Gasteiger partial charge in [0.1, 0.15) is 0 Å². The second kappa shape index (κ2) is 6.88. The highest BCUT2D eigenvalue weighted by Crippen LogP contribution is 2.53. The molecule has 3 N–H and O–H groups in total. The number of carbonyl (C=O) groups is 1. The molecule has 3 aliphatic carbocycles. The normalized spacial score (nSPS) is 37.5. The maximum atomic E-state index is 12.6. The summed E-state index contributed by atoms with van der Waals surface area (Å²) in [4.78, 5) is 12.6. The second-order valence-electron chi connectivity index (χ2n) is 7.66. The van der Waals surface area contributed by atoms with Gasteiger partial charge in [-0.3, -0.25) is 4.79 Å². The Bertz CT molecular complexity index is 393. The van der Waals surface area contributed by atoms with Crippen LogP contribution in [0.15, 0.2) is 0 Å². The van der Waals surface area contributed by atoms with E-state index >= 15 is 0 Å². The first-order valence-electron chi connectivity index (χ1n) is 9.33. The van der Waals surface area contributed by atoms with Crippen LogP contribution in [0.5, 0.6) is 0 Å². The molecule has 0 radical (unpaired) electrons. The molecule has 0 aromatic carbocycles. The maximum absolute atomic E-state index is 12.6. The Labute approximate surface area is 134 Å². The van der Waals surface area contributed by atoms with Crippen LogP contribution >= 0.6 is 0 Å². The predicted molar refractivity (Wildman–Crippen MR) is 87.4 cm³/mol. The van der Waals surface area contributed by atoms with Crippen LogP contribution in [0, 0.1) is 11.3 Å². The molecule has 3 aliphatic rings. The van der Waals surface area contributed by atoms with Crippen LogP contribution in [0.2, 0.25) is 0 Å². The largest absolute Gasteiger partial charge is 0.378 e. The molecular formula is C18H32N2O2. The molecule has 1 amide bonds.